The molecule has 0 fully saturated rings. The third-order valence-electron chi connectivity index (χ3n) is 3.01. The van der Waals surface area contributed by atoms with E-state index in [1.54, 1.807) is 0 Å². The van der Waals surface area contributed by atoms with Crippen molar-refractivity contribution < 1.29 is 9.53 Å². The molecule has 0 aromatic heterocycles. The van der Waals surface area contributed by atoms with Gasteiger partial charge in [-0.2, -0.15) is 0 Å². The standard InChI is InChI=1S/C13H27NO2/c1-7-13(4,5)16-12(15)9-8-10-14(6)11(2)3/h11H,7-10H2,1-6H3. The third kappa shape index (κ3) is 6.83. The summed E-state index contributed by atoms with van der Waals surface area (Å²) in [6.07, 6.45) is 2.23. The van der Waals surface area contributed by atoms with E-state index in [-0.39, 0.29) is 11.6 Å². The molecule has 0 aliphatic carbocycles. The normalized spacial score (nSPS) is 12.2. The lowest BCUT2D eigenvalue weighted by molar-refractivity contribution is -0.156. The van der Waals surface area contributed by atoms with Gasteiger partial charge in [-0.15, -0.1) is 0 Å². The first-order valence-corrected chi connectivity index (χ1v) is 6.20. The minimum Gasteiger partial charge on any atom is -0.460 e. The minimum atomic E-state index is -0.318. The maximum Gasteiger partial charge on any atom is 0.306 e. The third-order valence-corrected chi connectivity index (χ3v) is 3.01. The summed E-state index contributed by atoms with van der Waals surface area (Å²) in [5.41, 5.74) is -0.318. The summed E-state index contributed by atoms with van der Waals surface area (Å²) in [4.78, 5) is 13.8. The molecule has 0 amide bonds. The lowest BCUT2D eigenvalue weighted by Crippen LogP contribution is -2.29. The van der Waals surface area contributed by atoms with E-state index in [0.29, 0.717) is 12.5 Å². The molecule has 0 bridgehead atoms. The highest BCUT2D eigenvalue weighted by molar-refractivity contribution is 5.69. The van der Waals surface area contributed by atoms with Crippen molar-refractivity contribution in [1.29, 1.82) is 0 Å². The molecule has 16 heavy (non-hydrogen) atoms. The Balaban J connectivity index is 3.75. The molecule has 0 saturated carbocycles. The average Bonchev–Trinajstić information content (AvgIpc) is 2.16. The predicted octanol–water partition coefficient (Wildman–Crippen LogP) is 2.84. The molecule has 0 aromatic carbocycles. The molecule has 0 heterocycles. The van der Waals surface area contributed by atoms with Crippen LogP contribution in [-0.2, 0) is 9.53 Å². The summed E-state index contributed by atoms with van der Waals surface area (Å²) in [7, 11) is 2.08. The van der Waals surface area contributed by atoms with Crippen LogP contribution in [-0.4, -0.2) is 36.1 Å². The molecule has 96 valence electrons. The van der Waals surface area contributed by atoms with Gasteiger partial charge in [-0.05, 0) is 54.1 Å². The number of nitrogens with zero attached hydrogens (tertiary/aromatic N) is 1. The van der Waals surface area contributed by atoms with Crippen molar-refractivity contribution in [3.05, 3.63) is 0 Å². The molecule has 0 aliphatic heterocycles. The molecule has 0 rings (SSSR count). The van der Waals surface area contributed by atoms with Crippen LogP contribution in [0.25, 0.3) is 0 Å². The Morgan fingerprint density at radius 3 is 2.38 bits per heavy atom. The SMILES string of the molecule is CCC(C)(C)OC(=O)CCCN(C)C(C)C. The molecular weight excluding hydrogens is 202 g/mol. The highest BCUT2D eigenvalue weighted by Gasteiger charge is 2.19. The second-order valence-corrected chi connectivity index (χ2v) is 5.27. The number of esters is 1. The van der Waals surface area contributed by atoms with Gasteiger partial charge in [0.05, 0.1) is 0 Å². The van der Waals surface area contributed by atoms with Crippen molar-refractivity contribution >= 4 is 5.97 Å². The van der Waals surface area contributed by atoms with Gasteiger partial charge in [0.2, 0.25) is 0 Å². The van der Waals surface area contributed by atoms with E-state index in [4.69, 9.17) is 4.74 Å². The van der Waals surface area contributed by atoms with E-state index in [0.717, 1.165) is 19.4 Å². The molecule has 0 saturated heterocycles. The topological polar surface area (TPSA) is 29.5 Å². The largest absolute Gasteiger partial charge is 0.460 e. The van der Waals surface area contributed by atoms with Crippen LogP contribution in [0.3, 0.4) is 0 Å². The Labute approximate surface area is 100 Å². The molecule has 0 radical (unpaired) electrons. The van der Waals surface area contributed by atoms with Crippen LogP contribution in [0.5, 0.6) is 0 Å². The number of rotatable bonds is 7. The van der Waals surface area contributed by atoms with Crippen molar-refractivity contribution in [2.45, 2.75) is 65.5 Å². The summed E-state index contributed by atoms with van der Waals surface area (Å²) in [5, 5.41) is 0. The second kappa shape index (κ2) is 6.89. The van der Waals surface area contributed by atoms with Crippen LogP contribution < -0.4 is 0 Å². The smallest absolute Gasteiger partial charge is 0.306 e. The highest BCUT2D eigenvalue weighted by atomic mass is 16.6. The average molecular weight is 229 g/mol. The van der Waals surface area contributed by atoms with Crippen LogP contribution in [0, 0.1) is 0 Å². The summed E-state index contributed by atoms with van der Waals surface area (Å²) in [6, 6.07) is 0.531. The van der Waals surface area contributed by atoms with Gasteiger partial charge in [0, 0.05) is 12.5 Å². The van der Waals surface area contributed by atoms with Gasteiger partial charge in [0.25, 0.3) is 0 Å². The summed E-state index contributed by atoms with van der Waals surface area (Å²) < 4.78 is 5.37. The monoisotopic (exact) mass is 229 g/mol. The number of hydrogen-bond donors (Lipinski definition) is 0. The predicted molar refractivity (Wildman–Crippen MR) is 67.5 cm³/mol. The van der Waals surface area contributed by atoms with Crippen molar-refractivity contribution in [2.24, 2.45) is 0 Å². The quantitative estimate of drug-likeness (QED) is 0.629. The molecule has 0 N–H and O–H groups in total. The molecule has 0 aromatic rings. The van der Waals surface area contributed by atoms with E-state index in [1.807, 2.05) is 20.8 Å². The van der Waals surface area contributed by atoms with E-state index < -0.39 is 0 Å². The van der Waals surface area contributed by atoms with Gasteiger partial charge in [0.1, 0.15) is 5.60 Å². The van der Waals surface area contributed by atoms with Crippen molar-refractivity contribution in [3.63, 3.8) is 0 Å². The van der Waals surface area contributed by atoms with Crippen molar-refractivity contribution in [1.82, 2.24) is 4.90 Å². The number of carbonyl (C=O) groups is 1. The Kier molecular flexibility index (Phi) is 6.65. The van der Waals surface area contributed by atoms with Crippen molar-refractivity contribution in [3.8, 4) is 0 Å². The van der Waals surface area contributed by atoms with Gasteiger partial charge >= 0.3 is 5.97 Å². The Morgan fingerprint density at radius 1 is 1.38 bits per heavy atom. The van der Waals surface area contributed by atoms with E-state index in [9.17, 15) is 4.79 Å². The summed E-state index contributed by atoms with van der Waals surface area (Å²) >= 11 is 0. The van der Waals surface area contributed by atoms with Crippen LogP contribution in [0.2, 0.25) is 0 Å². The fraction of sp³-hybridized carbons (Fsp3) is 0.923. The number of ether oxygens (including phenoxy) is 1. The van der Waals surface area contributed by atoms with Gasteiger partial charge in [0.15, 0.2) is 0 Å². The molecule has 3 heteroatoms. The fourth-order valence-corrected chi connectivity index (χ4v) is 1.16. The maximum absolute atomic E-state index is 11.5. The molecule has 0 unspecified atom stereocenters. The fourth-order valence-electron chi connectivity index (χ4n) is 1.16. The Morgan fingerprint density at radius 2 is 1.94 bits per heavy atom. The highest BCUT2D eigenvalue weighted by Crippen LogP contribution is 2.15. The van der Waals surface area contributed by atoms with E-state index >= 15 is 0 Å². The van der Waals surface area contributed by atoms with Gasteiger partial charge < -0.3 is 9.64 Å². The lowest BCUT2D eigenvalue weighted by atomic mass is 10.1. The van der Waals surface area contributed by atoms with Gasteiger partial charge in [-0.25, -0.2) is 0 Å². The Hall–Kier alpha value is -0.570. The van der Waals surface area contributed by atoms with Crippen LogP contribution in [0.1, 0.15) is 53.9 Å². The molecular formula is C13H27NO2. The van der Waals surface area contributed by atoms with Gasteiger partial charge in [-0.1, -0.05) is 6.92 Å². The van der Waals surface area contributed by atoms with Gasteiger partial charge in [-0.3, -0.25) is 4.79 Å². The zero-order valence-electron chi connectivity index (χ0n) is 11.7. The van der Waals surface area contributed by atoms with Crippen LogP contribution >= 0.6 is 0 Å². The summed E-state index contributed by atoms with van der Waals surface area (Å²) in [6.45, 7) is 11.2. The number of hydrogen-bond acceptors (Lipinski definition) is 3. The molecule has 0 spiro atoms. The number of carbonyl (C=O) groups excluding carboxylic acids is 1. The lowest BCUT2D eigenvalue weighted by Gasteiger charge is -2.24. The van der Waals surface area contributed by atoms with Crippen LogP contribution in [0.15, 0.2) is 0 Å². The first-order chi connectivity index (χ1) is 7.28. The zero-order valence-corrected chi connectivity index (χ0v) is 11.7. The first-order valence-electron chi connectivity index (χ1n) is 6.20. The van der Waals surface area contributed by atoms with E-state index in [1.165, 1.54) is 0 Å². The zero-order chi connectivity index (χ0) is 12.8. The Bertz CT molecular complexity index is 212. The van der Waals surface area contributed by atoms with Crippen molar-refractivity contribution in [2.75, 3.05) is 13.6 Å². The summed E-state index contributed by atoms with van der Waals surface area (Å²) in [5.74, 6) is -0.0796. The van der Waals surface area contributed by atoms with E-state index in [2.05, 4.69) is 25.8 Å². The maximum atomic E-state index is 11.5. The molecule has 0 atom stereocenters. The second-order valence-electron chi connectivity index (χ2n) is 5.27. The minimum absolute atomic E-state index is 0.0796. The molecule has 3 nitrogen and oxygen atoms in total. The van der Waals surface area contributed by atoms with Crippen LogP contribution in [0.4, 0.5) is 0 Å². The first kappa shape index (κ1) is 15.4. The molecule has 0 aliphatic rings.